The van der Waals surface area contributed by atoms with Crippen LogP contribution < -0.4 is 4.74 Å². The molecule has 0 aliphatic rings. The van der Waals surface area contributed by atoms with Crippen LogP contribution in [0.5, 0.6) is 5.75 Å². The Morgan fingerprint density at radius 3 is 2.48 bits per heavy atom. The molecule has 7 nitrogen and oxygen atoms in total. The van der Waals surface area contributed by atoms with Gasteiger partial charge in [-0.3, -0.25) is 0 Å². The highest BCUT2D eigenvalue weighted by molar-refractivity contribution is 6.39. The van der Waals surface area contributed by atoms with Crippen LogP contribution in [0.1, 0.15) is 47.0 Å². The second-order valence-electron chi connectivity index (χ2n) is 11.0. The van der Waals surface area contributed by atoms with Crippen LogP contribution in [-0.2, 0) is 13.2 Å². The van der Waals surface area contributed by atoms with Crippen LogP contribution in [-0.4, -0.2) is 46.3 Å². The van der Waals surface area contributed by atoms with E-state index in [1.807, 2.05) is 69.8 Å². The van der Waals surface area contributed by atoms with Crippen molar-refractivity contribution in [3.05, 3.63) is 93.3 Å². The molecule has 3 aromatic carbocycles. The number of carboxylic acids is 1. The molecule has 42 heavy (non-hydrogen) atoms. The Bertz CT molecular complexity index is 1750. The van der Waals surface area contributed by atoms with E-state index in [2.05, 4.69) is 16.1 Å². The van der Waals surface area contributed by atoms with Crippen molar-refractivity contribution in [1.29, 1.82) is 0 Å². The summed E-state index contributed by atoms with van der Waals surface area (Å²) in [6.45, 7) is 7.83. The number of hydrogen-bond acceptors (Lipinski definition) is 5. The molecule has 2 heterocycles. The predicted octanol–water partition coefficient (Wildman–Crippen LogP) is 8.54. The summed E-state index contributed by atoms with van der Waals surface area (Å²) < 4.78 is 14.0. The molecule has 5 aromatic rings. The fourth-order valence-corrected chi connectivity index (χ4v) is 5.74. The van der Waals surface area contributed by atoms with Crippen molar-refractivity contribution >= 4 is 40.1 Å². The number of benzene rings is 3. The normalized spacial score (nSPS) is 11.6. The van der Waals surface area contributed by atoms with Gasteiger partial charge < -0.3 is 23.8 Å². The highest BCUT2D eigenvalue weighted by Crippen LogP contribution is 2.39. The van der Waals surface area contributed by atoms with Crippen molar-refractivity contribution in [3.63, 3.8) is 0 Å². The highest BCUT2D eigenvalue weighted by Gasteiger charge is 2.24. The van der Waals surface area contributed by atoms with Crippen LogP contribution in [0.2, 0.25) is 10.0 Å². The molecule has 0 radical (unpaired) electrons. The summed E-state index contributed by atoms with van der Waals surface area (Å²) in [6.07, 6.45) is 1.73. The Hall–Kier alpha value is -3.78. The zero-order chi connectivity index (χ0) is 30.1. The van der Waals surface area contributed by atoms with Gasteiger partial charge in [0.05, 0.1) is 21.2 Å². The van der Waals surface area contributed by atoms with E-state index in [9.17, 15) is 9.90 Å². The molecule has 0 unspecified atom stereocenters. The third-order valence-electron chi connectivity index (χ3n) is 7.34. The minimum Gasteiger partial charge on any atom is -0.489 e. The van der Waals surface area contributed by atoms with Crippen LogP contribution in [0, 0.1) is 6.92 Å². The largest absolute Gasteiger partial charge is 0.489 e. The van der Waals surface area contributed by atoms with Gasteiger partial charge >= 0.3 is 5.97 Å². The molecule has 0 atom stereocenters. The molecule has 2 aromatic heterocycles. The second kappa shape index (κ2) is 12.2. The Morgan fingerprint density at radius 1 is 1.10 bits per heavy atom. The van der Waals surface area contributed by atoms with Crippen molar-refractivity contribution in [1.82, 2.24) is 14.6 Å². The Balaban J connectivity index is 1.44. The number of hydrogen-bond donors (Lipinski definition) is 1. The number of nitrogens with zero attached hydrogens (tertiary/aromatic N) is 3. The smallest absolute Gasteiger partial charge is 0.337 e. The molecule has 0 bridgehead atoms. The zero-order valence-corrected chi connectivity index (χ0v) is 25.8. The molecule has 0 saturated heterocycles. The number of likely N-dealkylation sites (N-methyl/N-ethyl adjacent to an activating group) is 1. The first-order valence-electron chi connectivity index (χ1n) is 13.7. The molecule has 9 heteroatoms. The fourth-order valence-electron chi connectivity index (χ4n) is 5.16. The number of ether oxygens (including phenoxy) is 1. The lowest BCUT2D eigenvalue weighted by Gasteiger charge is -2.14. The number of carbonyl (C=O) groups is 1. The Labute approximate surface area is 255 Å². The molecule has 0 fully saturated rings. The molecule has 0 amide bonds. The predicted molar refractivity (Wildman–Crippen MR) is 168 cm³/mol. The van der Waals surface area contributed by atoms with Crippen molar-refractivity contribution < 1.29 is 19.2 Å². The fraction of sp³-hybridized carbons (Fsp3) is 0.273. The van der Waals surface area contributed by atoms with Crippen LogP contribution >= 0.6 is 23.2 Å². The summed E-state index contributed by atoms with van der Waals surface area (Å²) in [5.74, 6) is 0.582. The molecule has 0 aliphatic heterocycles. The summed E-state index contributed by atoms with van der Waals surface area (Å²) in [4.78, 5) is 14.0. The molecule has 218 valence electrons. The number of carboxylic acid groups (broad SMARTS) is 1. The third-order valence-corrected chi connectivity index (χ3v) is 7.97. The number of halogens is 2. The lowest BCUT2D eigenvalue weighted by atomic mass is 9.98. The number of aryl methyl sites for hydroxylation is 1. The minimum atomic E-state index is -0.928. The third kappa shape index (κ3) is 5.91. The summed E-state index contributed by atoms with van der Waals surface area (Å²) >= 11 is 13.0. The van der Waals surface area contributed by atoms with Crippen LogP contribution in [0.25, 0.3) is 33.3 Å². The lowest BCUT2D eigenvalue weighted by Crippen LogP contribution is -2.18. The molecule has 0 saturated carbocycles. The van der Waals surface area contributed by atoms with Gasteiger partial charge in [0.15, 0.2) is 0 Å². The SMILES string of the molecule is Cc1cc(OCc2c(-c3c(Cl)cccc3Cl)noc2C(C)C)ccc1-c1ccc2c(C(=O)O)cn(CCN(C)C)c2c1. The van der Waals surface area contributed by atoms with E-state index in [4.69, 9.17) is 32.5 Å². The van der Waals surface area contributed by atoms with Gasteiger partial charge in [0.25, 0.3) is 0 Å². The van der Waals surface area contributed by atoms with Crippen molar-refractivity contribution in [2.45, 2.75) is 39.8 Å². The molecule has 1 N–H and O–H groups in total. The van der Waals surface area contributed by atoms with Crippen molar-refractivity contribution in [3.8, 4) is 28.1 Å². The van der Waals surface area contributed by atoms with Gasteiger partial charge in [-0.1, -0.05) is 66.5 Å². The molecule has 0 spiro atoms. The van der Waals surface area contributed by atoms with Gasteiger partial charge in [-0.15, -0.1) is 0 Å². The van der Waals surface area contributed by atoms with Crippen LogP contribution in [0.4, 0.5) is 0 Å². The number of aromatic nitrogens is 2. The first kappa shape index (κ1) is 29.7. The highest BCUT2D eigenvalue weighted by atomic mass is 35.5. The van der Waals surface area contributed by atoms with Gasteiger partial charge in [0.2, 0.25) is 0 Å². The van der Waals surface area contributed by atoms with Gasteiger partial charge in [-0.2, -0.15) is 0 Å². The van der Waals surface area contributed by atoms with Gasteiger partial charge in [0.1, 0.15) is 23.8 Å². The molecular formula is C33H33Cl2N3O4. The van der Waals surface area contributed by atoms with E-state index in [0.29, 0.717) is 39.2 Å². The number of fused-ring (bicyclic) bond motifs is 1. The lowest BCUT2D eigenvalue weighted by molar-refractivity contribution is 0.0698. The molecule has 0 aliphatic carbocycles. The average molecular weight is 607 g/mol. The maximum absolute atomic E-state index is 11.9. The molecule has 5 rings (SSSR count). The van der Waals surface area contributed by atoms with E-state index < -0.39 is 5.97 Å². The maximum atomic E-state index is 11.9. The summed E-state index contributed by atoms with van der Waals surface area (Å²) in [5.41, 5.74) is 6.28. The van der Waals surface area contributed by atoms with Crippen LogP contribution in [0.15, 0.2) is 65.3 Å². The van der Waals surface area contributed by atoms with Crippen molar-refractivity contribution in [2.75, 3.05) is 20.6 Å². The van der Waals surface area contributed by atoms with E-state index in [-0.39, 0.29) is 12.5 Å². The zero-order valence-electron chi connectivity index (χ0n) is 24.2. The second-order valence-corrected chi connectivity index (χ2v) is 11.8. The summed E-state index contributed by atoms with van der Waals surface area (Å²) in [6, 6.07) is 17.2. The van der Waals surface area contributed by atoms with E-state index in [1.54, 1.807) is 24.4 Å². The Kier molecular flexibility index (Phi) is 8.64. The minimum absolute atomic E-state index is 0.0865. The van der Waals surface area contributed by atoms with E-state index in [1.165, 1.54) is 0 Å². The van der Waals surface area contributed by atoms with Crippen LogP contribution in [0.3, 0.4) is 0 Å². The monoisotopic (exact) mass is 605 g/mol. The first-order valence-corrected chi connectivity index (χ1v) is 14.5. The standard InChI is InChI=1S/C33H33Cl2N3O4/c1-19(2)32-26(31(36-42-32)30-27(34)7-6-8-28(30)35)18-41-22-10-12-23(20(3)15-22)21-9-11-24-25(33(39)40)17-38(29(24)16-21)14-13-37(4)5/h6-12,15-17,19H,13-14,18H2,1-5H3,(H,39,40). The maximum Gasteiger partial charge on any atom is 0.337 e. The summed E-state index contributed by atoms with van der Waals surface area (Å²) in [7, 11) is 4.00. The summed E-state index contributed by atoms with van der Waals surface area (Å²) in [5, 5.41) is 15.8. The van der Waals surface area contributed by atoms with Gasteiger partial charge in [0, 0.05) is 41.7 Å². The van der Waals surface area contributed by atoms with Gasteiger partial charge in [-0.05, 0) is 68.0 Å². The quantitative estimate of drug-likeness (QED) is 0.172. The van der Waals surface area contributed by atoms with Gasteiger partial charge in [-0.25, -0.2) is 4.79 Å². The van der Waals surface area contributed by atoms with E-state index in [0.717, 1.165) is 45.5 Å². The topological polar surface area (TPSA) is 80.7 Å². The van der Waals surface area contributed by atoms with E-state index >= 15 is 0 Å². The Morgan fingerprint density at radius 2 is 1.83 bits per heavy atom. The molecular weight excluding hydrogens is 573 g/mol. The number of aromatic carboxylic acids is 1. The average Bonchev–Trinajstić information content (AvgIpc) is 3.52. The first-order chi connectivity index (χ1) is 20.0. The number of rotatable bonds is 10. The van der Waals surface area contributed by atoms with Crippen molar-refractivity contribution in [2.24, 2.45) is 0 Å².